The second-order valence-corrected chi connectivity index (χ2v) is 3.89. The molecule has 12 heavy (non-hydrogen) atoms. The highest BCUT2D eigenvalue weighted by Crippen LogP contribution is 2.03. The van der Waals surface area contributed by atoms with Gasteiger partial charge in [0.1, 0.15) is 0 Å². The first-order chi connectivity index (χ1) is 5.56. The van der Waals surface area contributed by atoms with Crippen molar-refractivity contribution in [3.8, 4) is 0 Å². The molecule has 0 amide bonds. The standard InChI is InChI=1S/C9H21NO2/c1-9(2,3)12-10-7-5-4-6-8-11/h10-11H,4-8H2,1-3H3. The molecule has 0 aromatic rings. The van der Waals surface area contributed by atoms with Gasteiger partial charge in [-0.2, -0.15) is 0 Å². The quantitative estimate of drug-likeness (QED) is 0.474. The lowest BCUT2D eigenvalue weighted by Gasteiger charge is -2.19. The Morgan fingerprint density at radius 2 is 1.83 bits per heavy atom. The molecule has 0 saturated carbocycles. The highest BCUT2D eigenvalue weighted by molar-refractivity contribution is 4.56. The van der Waals surface area contributed by atoms with E-state index in [2.05, 4.69) is 5.48 Å². The van der Waals surface area contributed by atoms with E-state index in [1.807, 2.05) is 20.8 Å². The lowest BCUT2D eigenvalue weighted by atomic mass is 10.2. The van der Waals surface area contributed by atoms with Crippen LogP contribution in [0.25, 0.3) is 0 Å². The summed E-state index contributed by atoms with van der Waals surface area (Å²) in [4.78, 5) is 5.30. The Hall–Kier alpha value is -0.120. The van der Waals surface area contributed by atoms with Crippen LogP contribution < -0.4 is 5.48 Å². The topological polar surface area (TPSA) is 41.5 Å². The molecule has 0 aliphatic carbocycles. The van der Waals surface area contributed by atoms with Crippen LogP contribution >= 0.6 is 0 Å². The molecule has 2 N–H and O–H groups in total. The van der Waals surface area contributed by atoms with Crippen LogP contribution in [0, 0.1) is 0 Å². The summed E-state index contributed by atoms with van der Waals surface area (Å²) in [6, 6.07) is 0. The fraction of sp³-hybridized carbons (Fsp3) is 1.00. The van der Waals surface area contributed by atoms with Gasteiger partial charge in [0.15, 0.2) is 0 Å². The predicted molar refractivity (Wildman–Crippen MR) is 49.8 cm³/mol. The molecule has 0 radical (unpaired) electrons. The summed E-state index contributed by atoms with van der Waals surface area (Å²) in [5.74, 6) is 0. The van der Waals surface area contributed by atoms with Crippen molar-refractivity contribution in [2.45, 2.75) is 45.6 Å². The lowest BCUT2D eigenvalue weighted by molar-refractivity contribution is -0.0726. The molecule has 0 rings (SSSR count). The second-order valence-electron chi connectivity index (χ2n) is 3.89. The highest BCUT2D eigenvalue weighted by Gasteiger charge is 2.08. The van der Waals surface area contributed by atoms with Crippen LogP contribution in [0.2, 0.25) is 0 Å². The van der Waals surface area contributed by atoms with Crippen LogP contribution in [0.1, 0.15) is 40.0 Å². The molecule has 0 bridgehead atoms. The van der Waals surface area contributed by atoms with Crippen LogP contribution in [0.5, 0.6) is 0 Å². The fourth-order valence-electron chi connectivity index (χ4n) is 0.753. The normalized spacial score (nSPS) is 12.0. The Morgan fingerprint density at radius 3 is 2.33 bits per heavy atom. The average molecular weight is 175 g/mol. The van der Waals surface area contributed by atoms with Crippen molar-refractivity contribution in [1.82, 2.24) is 5.48 Å². The maximum atomic E-state index is 8.50. The summed E-state index contributed by atoms with van der Waals surface area (Å²) in [6.07, 6.45) is 2.99. The summed E-state index contributed by atoms with van der Waals surface area (Å²) in [6.45, 7) is 7.17. The van der Waals surface area contributed by atoms with Gasteiger partial charge in [0.2, 0.25) is 0 Å². The number of hydrogen-bond donors (Lipinski definition) is 2. The number of hydrogen-bond acceptors (Lipinski definition) is 3. The first kappa shape index (κ1) is 11.9. The van der Waals surface area contributed by atoms with Gasteiger partial charge >= 0.3 is 0 Å². The molecule has 0 unspecified atom stereocenters. The zero-order chi connectivity index (χ0) is 9.45. The molecular formula is C9H21NO2. The Labute approximate surface area is 75.1 Å². The molecule has 0 fully saturated rings. The average Bonchev–Trinajstić information content (AvgIpc) is 1.94. The Kier molecular flexibility index (Phi) is 6.34. The van der Waals surface area contributed by atoms with Crippen molar-refractivity contribution >= 4 is 0 Å². The number of aliphatic hydroxyl groups is 1. The zero-order valence-electron chi connectivity index (χ0n) is 8.39. The highest BCUT2D eigenvalue weighted by atomic mass is 16.7. The van der Waals surface area contributed by atoms with Gasteiger partial charge in [-0.05, 0) is 40.0 Å². The van der Waals surface area contributed by atoms with Gasteiger partial charge in [0.05, 0.1) is 5.60 Å². The van der Waals surface area contributed by atoms with E-state index in [-0.39, 0.29) is 5.60 Å². The van der Waals surface area contributed by atoms with E-state index in [0.717, 1.165) is 25.8 Å². The molecule has 3 nitrogen and oxygen atoms in total. The van der Waals surface area contributed by atoms with Crippen molar-refractivity contribution in [1.29, 1.82) is 0 Å². The second kappa shape index (κ2) is 6.40. The molecule has 3 heteroatoms. The van der Waals surface area contributed by atoms with E-state index in [4.69, 9.17) is 9.94 Å². The van der Waals surface area contributed by atoms with Crippen LogP contribution in [-0.2, 0) is 4.84 Å². The van der Waals surface area contributed by atoms with Gasteiger partial charge in [-0.15, -0.1) is 0 Å². The summed E-state index contributed by atoms with van der Waals surface area (Å²) in [7, 11) is 0. The van der Waals surface area contributed by atoms with Crippen molar-refractivity contribution in [3.05, 3.63) is 0 Å². The number of aliphatic hydroxyl groups excluding tert-OH is 1. The third kappa shape index (κ3) is 9.88. The minimum atomic E-state index is -0.114. The Balaban J connectivity index is 3.01. The number of unbranched alkanes of at least 4 members (excludes halogenated alkanes) is 2. The van der Waals surface area contributed by atoms with Gasteiger partial charge < -0.3 is 5.11 Å². The van der Waals surface area contributed by atoms with Gasteiger partial charge in [0.25, 0.3) is 0 Å². The van der Waals surface area contributed by atoms with Crippen LogP contribution in [0.15, 0.2) is 0 Å². The fourth-order valence-corrected chi connectivity index (χ4v) is 0.753. The minimum Gasteiger partial charge on any atom is -0.396 e. The van der Waals surface area contributed by atoms with Crippen LogP contribution in [-0.4, -0.2) is 23.9 Å². The maximum Gasteiger partial charge on any atom is 0.0812 e. The van der Waals surface area contributed by atoms with Crippen molar-refractivity contribution in [3.63, 3.8) is 0 Å². The number of rotatable bonds is 6. The van der Waals surface area contributed by atoms with E-state index in [1.165, 1.54) is 0 Å². The molecule has 0 atom stereocenters. The summed E-state index contributed by atoms with van der Waals surface area (Å²) < 4.78 is 0. The zero-order valence-corrected chi connectivity index (χ0v) is 8.39. The molecule has 0 aromatic carbocycles. The Bertz CT molecular complexity index is 99.2. The molecule has 0 spiro atoms. The van der Waals surface area contributed by atoms with Crippen molar-refractivity contribution in [2.24, 2.45) is 0 Å². The molecule has 0 saturated heterocycles. The molecule has 0 aliphatic rings. The maximum absolute atomic E-state index is 8.50. The molecule has 0 aromatic heterocycles. The largest absolute Gasteiger partial charge is 0.396 e. The molecule has 0 heterocycles. The third-order valence-corrected chi connectivity index (χ3v) is 1.32. The van der Waals surface area contributed by atoms with E-state index in [1.54, 1.807) is 0 Å². The Morgan fingerprint density at radius 1 is 1.17 bits per heavy atom. The van der Waals surface area contributed by atoms with Crippen LogP contribution in [0.4, 0.5) is 0 Å². The smallest absolute Gasteiger partial charge is 0.0812 e. The van der Waals surface area contributed by atoms with Crippen molar-refractivity contribution in [2.75, 3.05) is 13.2 Å². The van der Waals surface area contributed by atoms with E-state index < -0.39 is 0 Å². The summed E-state index contributed by atoms with van der Waals surface area (Å²) in [5.41, 5.74) is 2.79. The summed E-state index contributed by atoms with van der Waals surface area (Å²) >= 11 is 0. The van der Waals surface area contributed by atoms with E-state index >= 15 is 0 Å². The first-order valence-corrected chi connectivity index (χ1v) is 4.58. The van der Waals surface area contributed by atoms with E-state index in [0.29, 0.717) is 6.61 Å². The SMILES string of the molecule is CC(C)(C)ONCCCCCO. The third-order valence-electron chi connectivity index (χ3n) is 1.32. The number of nitrogens with one attached hydrogen (secondary N) is 1. The van der Waals surface area contributed by atoms with Gasteiger partial charge in [-0.25, -0.2) is 5.48 Å². The molecule has 0 aliphatic heterocycles. The number of hydroxylamine groups is 1. The predicted octanol–water partition coefficient (Wildman–Crippen LogP) is 1.47. The van der Waals surface area contributed by atoms with Gasteiger partial charge in [0, 0.05) is 13.2 Å². The van der Waals surface area contributed by atoms with Crippen molar-refractivity contribution < 1.29 is 9.94 Å². The monoisotopic (exact) mass is 175 g/mol. The van der Waals surface area contributed by atoms with E-state index in [9.17, 15) is 0 Å². The first-order valence-electron chi connectivity index (χ1n) is 4.58. The molecular weight excluding hydrogens is 154 g/mol. The molecule has 74 valence electrons. The summed E-state index contributed by atoms with van der Waals surface area (Å²) in [5, 5.41) is 8.50. The van der Waals surface area contributed by atoms with Gasteiger partial charge in [-0.1, -0.05) is 0 Å². The minimum absolute atomic E-state index is 0.114. The lowest BCUT2D eigenvalue weighted by Crippen LogP contribution is -2.29. The van der Waals surface area contributed by atoms with Crippen LogP contribution in [0.3, 0.4) is 0 Å². The van der Waals surface area contributed by atoms with Gasteiger partial charge in [-0.3, -0.25) is 4.84 Å².